The van der Waals surface area contributed by atoms with Gasteiger partial charge in [0.1, 0.15) is 5.75 Å². The number of nitrogens with zero attached hydrogens (tertiary/aromatic N) is 1. The zero-order valence-electron chi connectivity index (χ0n) is 9.83. The monoisotopic (exact) mass is 283 g/mol. The maximum atomic E-state index is 12.1. The molecule has 0 fully saturated rings. The maximum Gasteiger partial charge on any atom is 0.183 e. The minimum atomic E-state index is -3.37. The molecule has 1 heterocycles. The molecule has 2 rings (SSSR count). The average Bonchev–Trinajstić information content (AvgIpc) is 2.76. The van der Waals surface area contributed by atoms with Crippen molar-refractivity contribution in [2.45, 2.75) is 24.0 Å². The zero-order valence-corrected chi connectivity index (χ0v) is 11.5. The van der Waals surface area contributed by atoms with Crippen LogP contribution in [0.2, 0.25) is 0 Å². The Balaban J connectivity index is 2.24. The first-order valence-electron chi connectivity index (χ1n) is 5.46. The molecule has 0 atom stereocenters. The summed E-state index contributed by atoms with van der Waals surface area (Å²) in [6.07, 6.45) is 2.42. The molecule has 0 aliphatic carbocycles. The largest absolute Gasteiger partial charge is 0.508 e. The van der Waals surface area contributed by atoms with Gasteiger partial charge in [-0.15, -0.1) is 11.3 Å². The van der Waals surface area contributed by atoms with Crippen molar-refractivity contribution < 1.29 is 13.5 Å². The van der Waals surface area contributed by atoms with Crippen LogP contribution >= 0.6 is 11.3 Å². The number of hydrogen-bond donors (Lipinski definition) is 1. The van der Waals surface area contributed by atoms with Crippen molar-refractivity contribution >= 4 is 21.2 Å². The predicted molar refractivity (Wildman–Crippen MR) is 70.5 cm³/mol. The molecule has 1 aromatic carbocycles. The molecule has 4 nitrogen and oxygen atoms in total. The van der Waals surface area contributed by atoms with Gasteiger partial charge in [0, 0.05) is 11.1 Å². The Hall–Kier alpha value is -1.40. The molecule has 0 bridgehead atoms. The molecule has 0 aliphatic heterocycles. The molecule has 0 radical (unpaired) electrons. The van der Waals surface area contributed by atoms with E-state index in [1.54, 1.807) is 6.20 Å². The Morgan fingerprint density at radius 2 is 1.94 bits per heavy atom. The van der Waals surface area contributed by atoms with Crippen LogP contribution in [0.25, 0.3) is 0 Å². The van der Waals surface area contributed by atoms with Crippen LogP contribution in [0.5, 0.6) is 5.75 Å². The molecule has 0 saturated heterocycles. The highest BCUT2D eigenvalue weighted by Crippen LogP contribution is 2.22. The Bertz CT molecular complexity index is 630. The average molecular weight is 283 g/mol. The number of phenols is 1. The van der Waals surface area contributed by atoms with Gasteiger partial charge in [-0.2, -0.15) is 0 Å². The molecule has 6 heteroatoms. The highest BCUT2D eigenvalue weighted by molar-refractivity contribution is 7.90. The topological polar surface area (TPSA) is 67.3 Å². The Kier molecular flexibility index (Phi) is 3.68. The van der Waals surface area contributed by atoms with Crippen LogP contribution in [0.3, 0.4) is 0 Å². The second kappa shape index (κ2) is 5.07. The Morgan fingerprint density at radius 1 is 1.28 bits per heavy atom. The van der Waals surface area contributed by atoms with E-state index in [1.807, 2.05) is 6.92 Å². The second-order valence-electron chi connectivity index (χ2n) is 3.83. The SMILES string of the molecule is CCc1ncc(CS(=O)(=O)c2ccc(O)cc2)s1. The summed E-state index contributed by atoms with van der Waals surface area (Å²) in [5.74, 6) is 0.00938. The standard InChI is InChI=1S/C12H13NO3S2/c1-2-12-13-7-10(17-12)8-18(15,16)11-5-3-9(14)4-6-11/h3-7,14H,2,8H2,1H3. The molecule has 0 unspecified atom stereocenters. The first kappa shape index (κ1) is 13.0. The van der Waals surface area contributed by atoms with Crippen LogP contribution in [-0.2, 0) is 22.0 Å². The summed E-state index contributed by atoms with van der Waals surface area (Å²) < 4.78 is 24.2. The van der Waals surface area contributed by atoms with Crippen LogP contribution in [0.15, 0.2) is 35.4 Å². The van der Waals surface area contributed by atoms with Crippen LogP contribution in [0.1, 0.15) is 16.8 Å². The molecule has 18 heavy (non-hydrogen) atoms. The molecule has 0 spiro atoms. The fraction of sp³-hybridized carbons (Fsp3) is 0.250. The van der Waals surface area contributed by atoms with E-state index in [2.05, 4.69) is 4.98 Å². The van der Waals surface area contributed by atoms with E-state index < -0.39 is 9.84 Å². The number of aromatic hydroxyl groups is 1. The van der Waals surface area contributed by atoms with Gasteiger partial charge in [-0.1, -0.05) is 6.92 Å². The Labute approximate surface area is 110 Å². The van der Waals surface area contributed by atoms with Gasteiger partial charge in [-0.05, 0) is 30.7 Å². The molecule has 0 saturated carbocycles. The molecule has 1 N–H and O–H groups in total. The van der Waals surface area contributed by atoms with Crippen LogP contribution in [0, 0.1) is 0 Å². The molecule has 0 aliphatic rings. The van der Waals surface area contributed by atoms with Crippen LogP contribution in [-0.4, -0.2) is 18.5 Å². The number of thiazole rings is 1. The number of hydrogen-bond acceptors (Lipinski definition) is 5. The van der Waals surface area contributed by atoms with E-state index in [1.165, 1.54) is 35.6 Å². The molecule has 0 amide bonds. The maximum absolute atomic E-state index is 12.1. The van der Waals surface area contributed by atoms with E-state index >= 15 is 0 Å². The number of aryl methyl sites for hydroxylation is 1. The lowest BCUT2D eigenvalue weighted by Crippen LogP contribution is -2.03. The van der Waals surface area contributed by atoms with Crippen molar-refractivity contribution in [1.29, 1.82) is 0 Å². The summed E-state index contributed by atoms with van der Waals surface area (Å²) in [6, 6.07) is 5.56. The number of rotatable bonds is 4. The lowest BCUT2D eigenvalue weighted by Gasteiger charge is -2.02. The highest BCUT2D eigenvalue weighted by atomic mass is 32.2. The number of sulfone groups is 1. The van der Waals surface area contributed by atoms with Crippen molar-refractivity contribution in [3.63, 3.8) is 0 Å². The van der Waals surface area contributed by atoms with Gasteiger partial charge in [-0.25, -0.2) is 13.4 Å². The van der Waals surface area contributed by atoms with Gasteiger partial charge in [0.05, 0.1) is 15.7 Å². The zero-order chi connectivity index (χ0) is 13.2. The third kappa shape index (κ3) is 2.88. The molecule has 2 aromatic rings. The summed E-state index contributed by atoms with van der Waals surface area (Å²) in [7, 11) is -3.37. The molecule has 96 valence electrons. The fourth-order valence-electron chi connectivity index (χ4n) is 1.50. The third-order valence-electron chi connectivity index (χ3n) is 2.43. The number of aromatic nitrogens is 1. The minimum Gasteiger partial charge on any atom is -0.508 e. The highest BCUT2D eigenvalue weighted by Gasteiger charge is 2.16. The third-order valence-corrected chi connectivity index (χ3v) is 5.44. The summed E-state index contributed by atoms with van der Waals surface area (Å²) in [6.45, 7) is 1.98. The molecular weight excluding hydrogens is 270 g/mol. The quantitative estimate of drug-likeness (QED) is 0.935. The smallest absolute Gasteiger partial charge is 0.183 e. The van der Waals surface area contributed by atoms with Gasteiger partial charge < -0.3 is 5.11 Å². The van der Waals surface area contributed by atoms with Crippen molar-refractivity contribution in [3.8, 4) is 5.75 Å². The summed E-state index contributed by atoms with van der Waals surface area (Å²) in [5, 5.41) is 10.1. The summed E-state index contributed by atoms with van der Waals surface area (Å²) in [5.41, 5.74) is 0. The van der Waals surface area contributed by atoms with Gasteiger partial charge in [-0.3, -0.25) is 0 Å². The van der Waals surface area contributed by atoms with Crippen molar-refractivity contribution in [1.82, 2.24) is 4.98 Å². The molecule has 1 aromatic heterocycles. The van der Waals surface area contributed by atoms with E-state index in [0.717, 1.165) is 16.3 Å². The summed E-state index contributed by atoms with van der Waals surface area (Å²) in [4.78, 5) is 5.09. The second-order valence-corrected chi connectivity index (χ2v) is 7.02. The predicted octanol–water partition coefficient (Wildman–Crippen LogP) is 2.39. The first-order valence-corrected chi connectivity index (χ1v) is 7.93. The molecular formula is C12H13NO3S2. The minimum absolute atomic E-state index is 0.0462. The lowest BCUT2D eigenvalue weighted by atomic mass is 10.3. The van der Waals surface area contributed by atoms with Crippen molar-refractivity contribution in [2.24, 2.45) is 0 Å². The van der Waals surface area contributed by atoms with Crippen LogP contribution < -0.4 is 0 Å². The fourth-order valence-corrected chi connectivity index (χ4v) is 4.03. The van der Waals surface area contributed by atoms with E-state index in [9.17, 15) is 8.42 Å². The van der Waals surface area contributed by atoms with E-state index in [-0.39, 0.29) is 16.4 Å². The van der Waals surface area contributed by atoms with Gasteiger partial charge >= 0.3 is 0 Å². The van der Waals surface area contributed by atoms with Gasteiger partial charge in [0.15, 0.2) is 9.84 Å². The first-order chi connectivity index (χ1) is 8.51. The van der Waals surface area contributed by atoms with Gasteiger partial charge in [0.25, 0.3) is 0 Å². The van der Waals surface area contributed by atoms with Crippen molar-refractivity contribution in [2.75, 3.05) is 0 Å². The number of phenolic OH excluding ortho intramolecular Hbond substituents is 1. The van der Waals surface area contributed by atoms with Crippen molar-refractivity contribution in [3.05, 3.63) is 40.3 Å². The summed E-state index contributed by atoms with van der Waals surface area (Å²) >= 11 is 1.42. The van der Waals surface area contributed by atoms with Crippen LogP contribution in [0.4, 0.5) is 0 Å². The lowest BCUT2D eigenvalue weighted by molar-refractivity contribution is 0.475. The van der Waals surface area contributed by atoms with Gasteiger partial charge in [0.2, 0.25) is 0 Å². The van der Waals surface area contributed by atoms with E-state index in [0.29, 0.717) is 0 Å². The Morgan fingerprint density at radius 3 is 2.50 bits per heavy atom. The number of benzene rings is 1. The normalized spacial score (nSPS) is 11.6. The van der Waals surface area contributed by atoms with E-state index in [4.69, 9.17) is 5.11 Å².